The zero-order valence-corrected chi connectivity index (χ0v) is 26.4. The van der Waals surface area contributed by atoms with Crippen LogP contribution in [0.4, 0.5) is 17.1 Å². The zero-order chi connectivity index (χ0) is 30.6. The second kappa shape index (κ2) is 10.8. The Kier molecular flexibility index (Phi) is 6.29. The standard InChI is InChI=1S/C42H27BrN2O/c43-37-27-31(26-36-34-19-9-12-22-41(34)46-42(36)37)44(38-20-10-7-17-32(38)28-13-3-1-4-14-28)30-23-24-40-35(25-30)33-18-8-11-21-39(33)45(40)29-15-5-2-6-16-29/h1-27H. The molecule has 4 heteroatoms. The van der Waals surface area contributed by atoms with Crippen LogP contribution in [0.5, 0.6) is 0 Å². The van der Waals surface area contributed by atoms with E-state index in [0.717, 1.165) is 54.7 Å². The molecule has 0 aliphatic rings. The lowest BCUT2D eigenvalue weighted by Gasteiger charge is -2.28. The zero-order valence-electron chi connectivity index (χ0n) is 24.8. The molecule has 0 atom stereocenters. The SMILES string of the molecule is Brc1cc(N(c2ccc3c(c2)c2ccccc2n3-c2ccccc2)c2ccccc2-c2ccccc2)cc2c1oc1ccccc12. The maximum absolute atomic E-state index is 6.30. The Hall–Kier alpha value is -5.58. The number of fused-ring (bicyclic) bond motifs is 6. The third-order valence-corrected chi connectivity index (χ3v) is 9.42. The molecule has 46 heavy (non-hydrogen) atoms. The third-order valence-electron chi connectivity index (χ3n) is 8.83. The number of para-hydroxylation sites is 4. The summed E-state index contributed by atoms with van der Waals surface area (Å²) in [4.78, 5) is 2.38. The molecule has 0 saturated heterocycles. The van der Waals surface area contributed by atoms with Gasteiger partial charge < -0.3 is 13.9 Å². The van der Waals surface area contributed by atoms with Crippen LogP contribution in [0.1, 0.15) is 0 Å². The topological polar surface area (TPSA) is 21.3 Å². The van der Waals surface area contributed by atoms with Gasteiger partial charge in [-0.2, -0.15) is 0 Å². The first-order chi connectivity index (χ1) is 22.7. The van der Waals surface area contributed by atoms with Crippen molar-refractivity contribution in [1.82, 2.24) is 4.57 Å². The first-order valence-electron chi connectivity index (χ1n) is 15.4. The van der Waals surface area contributed by atoms with Gasteiger partial charge in [0.1, 0.15) is 11.2 Å². The van der Waals surface area contributed by atoms with Crippen LogP contribution in [0.2, 0.25) is 0 Å². The predicted octanol–water partition coefficient (Wildman–Crippen LogP) is 12.6. The van der Waals surface area contributed by atoms with Crippen molar-refractivity contribution in [2.45, 2.75) is 0 Å². The smallest absolute Gasteiger partial charge is 0.149 e. The van der Waals surface area contributed by atoms with E-state index in [1.54, 1.807) is 0 Å². The lowest BCUT2D eigenvalue weighted by Crippen LogP contribution is -2.11. The van der Waals surface area contributed by atoms with Gasteiger partial charge in [-0.3, -0.25) is 0 Å². The highest BCUT2D eigenvalue weighted by Gasteiger charge is 2.22. The monoisotopic (exact) mass is 654 g/mol. The van der Waals surface area contributed by atoms with Crippen LogP contribution >= 0.6 is 15.9 Å². The van der Waals surface area contributed by atoms with Gasteiger partial charge in [-0.1, -0.05) is 103 Å². The third kappa shape index (κ3) is 4.26. The molecule has 9 aromatic rings. The first-order valence-corrected chi connectivity index (χ1v) is 16.2. The second-order valence-electron chi connectivity index (χ2n) is 11.5. The average molecular weight is 656 g/mol. The average Bonchev–Trinajstić information content (AvgIpc) is 3.66. The Bertz CT molecular complexity index is 2550. The minimum absolute atomic E-state index is 0.850. The summed E-state index contributed by atoms with van der Waals surface area (Å²) >= 11 is 3.88. The molecule has 218 valence electrons. The van der Waals surface area contributed by atoms with E-state index in [2.05, 4.69) is 177 Å². The summed E-state index contributed by atoms with van der Waals surface area (Å²) in [7, 11) is 0. The van der Waals surface area contributed by atoms with E-state index in [-0.39, 0.29) is 0 Å². The van der Waals surface area contributed by atoms with Crippen LogP contribution in [-0.2, 0) is 0 Å². The van der Waals surface area contributed by atoms with E-state index in [4.69, 9.17) is 4.42 Å². The van der Waals surface area contributed by atoms with Gasteiger partial charge >= 0.3 is 0 Å². The van der Waals surface area contributed by atoms with Crippen molar-refractivity contribution in [2.24, 2.45) is 0 Å². The fourth-order valence-electron chi connectivity index (χ4n) is 6.81. The predicted molar refractivity (Wildman–Crippen MR) is 196 cm³/mol. The van der Waals surface area contributed by atoms with Gasteiger partial charge in [0.15, 0.2) is 0 Å². The molecule has 9 rings (SSSR count). The minimum atomic E-state index is 0.850. The molecule has 0 spiro atoms. The molecule has 0 radical (unpaired) electrons. The highest BCUT2D eigenvalue weighted by atomic mass is 79.9. The van der Waals surface area contributed by atoms with Crippen LogP contribution in [0.15, 0.2) is 173 Å². The van der Waals surface area contributed by atoms with Gasteiger partial charge in [0.25, 0.3) is 0 Å². The van der Waals surface area contributed by atoms with Gasteiger partial charge in [-0.15, -0.1) is 0 Å². The number of furan rings is 1. The van der Waals surface area contributed by atoms with E-state index in [9.17, 15) is 0 Å². The molecule has 0 saturated carbocycles. The fourth-order valence-corrected chi connectivity index (χ4v) is 7.34. The Balaban J connectivity index is 1.34. The number of halogens is 1. The van der Waals surface area contributed by atoms with Crippen LogP contribution in [-0.4, -0.2) is 4.57 Å². The highest BCUT2D eigenvalue weighted by Crippen LogP contribution is 2.46. The molecular weight excluding hydrogens is 628 g/mol. The number of benzene rings is 7. The summed E-state index contributed by atoms with van der Waals surface area (Å²) in [5, 5.41) is 4.59. The van der Waals surface area contributed by atoms with Gasteiger partial charge in [-0.05, 0) is 82.2 Å². The largest absolute Gasteiger partial charge is 0.455 e. The van der Waals surface area contributed by atoms with Crippen molar-refractivity contribution < 1.29 is 4.42 Å². The molecule has 0 unspecified atom stereocenters. The van der Waals surface area contributed by atoms with E-state index in [1.165, 1.54) is 27.4 Å². The van der Waals surface area contributed by atoms with Gasteiger partial charge in [0.2, 0.25) is 0 Å². The number of anilines is 3. The summed E-state index contributed by atoms with van der Waals surface area (Å²) in [6.45, 7) is 0. The van der Waals surface area contributed by atoms with Crippen LogP contribution in [0.3, 0.4) is 0 Å². The molecular formula is C42H27BrN2O. The van der Waals surface area contributed by atoms with Crippen molar-refractivity contribution in [3.63, 3.8) is 0 Å². The number of rotatable bonds is 5. The van der Waals surface area contributed by atoms with Crippen molar-refractivity contribution in [3.8, 4) is 16.8 Å². The van der Waals surface area contributed by atoms with Crippen molar-refractivity contribution in [3.05, 3.63) is 168 Å². The minimum Gasteiger partial charge on any atom is -0.455 e. The summed E-state index contributed by atoms with van der Waals surface area (Å²) in [6.07, 6.45) is 0. The lowest BCUT2D eigenvalue weighted by atomic mass is 10.0. The number of hydrogen-bond donors (Lipinski definition) is 0. The molecule has 0 amide bonds. The van der Waals surface area contributed by atoms with E-state index in [0.29, 0.717) is 0 Å². The summed E-state index contributed by atoms with van der Waals surface area (Å²) < 4.78 is 9.58. The normalized spacial score (nSPS) is 11.6. The summed E-state index contributed by atoms with van der Waals surface area (Å²) in [6, 6.07) is 58.1. The lowest BCUT2D eigenvalue weighted by molar-refractivity contribution is 0.667. The molecule has 7 aromatic carbocycles. The molecule has 0 aliphatic heterocycles. The quantitative estimate of drug-likeness (QED) is 0.184. The van der Waals surface area contributed by atoms with Gasteiger partial charge in [0, 0.05) is 44.2 Å². The van der Waals surface area contributed by atoms with E-state index in [1.807, 2.05) is 12.1 Å². The number of hydrogen-bond acceptors (Lipinski definition) is 2. The van der Waals surface area contributed by atoms with Crippen molar-refractivity contribution in [2.75, 3.05) is 4.90 Å². The Morgan fingerprint density at radius 2 is 1.15 bits per heavy atom. The fraction of sp³-hybridized carbons (Fsp3) is 0. The Morgan fingerprint density at radius 3 is 2.00 bits per heavy atom. The molecule has 0 bridgehead atoms. The molecule has 0 fully saturated rings. The van der Waals surface area contributed by atoms with Gasteiger partial charge in [0.05, 0.1) is 21.2 Å². The second-order valence-corrected chi connectivity index (χ2v) is 12.4. The molecule has 0 N–H and O–H groups in total. The van der Waals surface area contributed by atoms with Crippen molar-refractivity contribution >= 4 is 76.7 Å². The van der Waals surface area contributed by atoms with E-state index < -0.39 is 0 Å². The van der Waals surface area contributed by atoms with Crippen LogP contribution < -0.4 is 4.90 Å². The van der Waals surface area contributed by atoms with Gasteiger partial charge in [-0.25, -0.2) is 0 Å². The molecule has 3 nitrogen and oxygen atoms in total. The summed E-state index contributed by atoms with van der Waals surface area (Å²) in [5.74, 6) is 0. The molecule has 2 heterocycles. The number of nitrogens with zero attached hydrogens (tertiary/aromatic N) is 2. The first kappa shape index (κ1) is 26.8. The highest BCUT2D eigenvalue weighted by molar-refractivity contribution is 9.10. The molecule has 0 aliphatic carbocycles. The van der Waals surface area contributed by atoms with E-state index >= 15 is 0 Å². The van der Waals surface area contributed by atoms with Crippen molar-refractivity contribution in [1.29, 1.82) is 0 Å². The maximum Gasteiger partial charge on any atom is 0.149 e. The number of aromatic nitrogens is 1. The molecule has 2 aromatic heterocycles. The van der Waals surface area contributed by atoms with Crippen LogP contribution in [0, 0.1) is 0 Å². The Labute approximate surface area is 274 Å². The summed E-state index contributed by atoms with van der Waals surface area (Å²) in [5.41, 5.74) is 10.8. The van der Waals surface area contributed by atoms with Crippen LogP contribution in [0.25, 0.3) is 60.6 Å². The Morgan fingerprint density at radius 1 is 0.500 bits per heavy atom. The maximum atomic E-state index is 6.30.